The summed E-state index contributed by atoms with van der Waals surface area (Å²) in [6, 6.07) is 0. The third-order valence-corrected chi connectivity index (χ3v) is 4.90. The predicted octanol–water partition coefficient (Wildman–Crippen LogP) is 6.00. The fourth-order valence-electron chi connectivity index (χ4n) is 3.25. The smallest absolute Gasteiger partial charge is 0.248 e. The summed E-state index contributed by atoms with van der Waals surface area (Å²) in [7, 11) is 0. The fraction of sp³-hybridized carbons (Fsp3) is 0.714. The quantitative estimate of drug-likeness (QED) is 0.397. The summed E-state index contributed by atoms with van der Waals surface area (Å²) in [5, 5.41) is 0. The lowest BCUT2D eigenvalue weighted by molar-refractivity contribution is -0.119. The summed E-state index contributed by atoms with van der Waals surface area (Å²) < 4.78 is 0. The van der Waals surface area contributed by atoms with E-state index in [9.17, 15) is 4.79 Å². The van der Waals surface area contributed by atoms with E-state index in [4.69, 9.17) is 6.57 Å². The number of rotatable bonds is 8. The SMILES string of the molecule is [C-]#[N+][C@@]1(C)C=C[C@H]([C@H](C)CC/C=C(\C)CC(=O)CC(C)C)CC1. The van der Waals surface area contributed by atoms with Gasteiger partial charge in [-0.2, -0.15) is 0 Å². The molecular weight excluding hydrogens is 282 g/mol. The third kappa shape index (κ3) is 7.16. The van der Waals surface area contributed by atoms with Crippen LogP contribution >= 0.6 is 0 Å². The van der Waals surface area contributed by atoms with Gasteiger partial charge in [-0.05, 0) is 50.0 Å². The van der Waals surface area contributed by atoms with Crippen molar-refractivity contribution < 1.29 is 4.79 Å². The van der Waals surface area contributed by atoms with Gasteiger partial charge in [0.15, 0.2) is 0 Å². The summed E-state index contributed by atoms with van der Waals surface area (Å²) in [5.74, 6) is 2.04. The molecule has 0 unspecified atom stereocenters. The predicted molar refractivity (Wildman–Crippen MR) is 98.1 cm³/mol. The van der Waals surface area contributed by atoms with Gasteiger partial charge in [0.05, 0.1) is 0 Å². The molecule has 2 heteroatoms. The van der Waals surface area contributed by atoms with Gasteiger partial charge in [0, 0.05) is 26.2 Å². The molecule has 0 aromatic rings. The van der Waals surface area contributed by atoms with Crippen molar-refractivity contribution in [3.63, 3.8) is 0 Å². The number of allylic oxidation sites excluding steroid dienone is 3. The molecule has 0 aromatic heterocycles. The summed E-state index contributed by atoms with van der Waals surface area (Å²) in [4.78, 5) is 15.6. The van der Waals surface area contributed by atoms with Gasteiger partial charge in [-0.1, -0.05) is 38.5 Å². The Morgan fingerprint density at radius 2 is 2.13 bits per heavy atom. The number of hydrogen-bond acceptors (Lipinski definition) is 1. The Kier molecular flexibility index (Phi) is 7.76. The Morgan fingerprint density at radius 1 is 1.43 bits per heavy atom. The maximum Gasteiger partial charge on any atom is 0.248 e. The van der Waals surface area contributed by atoms with Crippen LogP contribution in [0.2, 0.25) is 0 Å². The maximum atomic E-state index is 11.8. The number of nitrogens with zero attached hydrogens (tertiary/aromatic N) is 1. The molecule has 0 bridgehead atoms. The van der Waals surface area contributed by atoms with Crippen molar-refractivity contribution in [3.8, 4) is 0 Å². The maximum absolute atomic E-state index is 11.8. The van der Waals surface area contributed by atoms with Gasteiger partial charge in [0.25, 0.3) is 0 Å². The topological polar surface area (TPSA) is 21.4 Å². The number of carbonyl (C=O) groups is 1. The number of hydrogen-bond donors (Lipinski definition) is 0. The van der Waals surface area contributed by atoms with Gasteiger partial charge in [-0.25, -0.2) is 6.57 Å². The van der Waals surface area contributed by atoms with E-state index in [-0.39, 0.29) is 5.54 Å². The second-order valence-corrected chi connectivity index (χ2v) is 7.95. The van der Waals surface area contributed by atoms with Crippen molar-refractivity contribution in [1.82, 2.24) is 0 Å². The molecule has 0 radical (unpaired) electrons. The van der Waals surface area contributed by atoms with E-state index in [1.165, 1.54) is 5.57 Å². The average Bonchev–Trinajstić information content (AvgIpc) is 2.46. The lowest BCUT2D eigenvalue weighted by Crippen LogP contribution is -2.24. The van der Waals surface area contributed by atoms with Crippen LogP contribution in [0.3, 0.4) is 0 Å². The first-order chi connectivity index (χ1) is 10.8. The molecule has 0 aromatic carbocycles. The van der Waals surface area contributed by atoms with Crippen molar-refractivity contribution in [3.05, 3.63) is 35.2 Å². The first-order valence-electron chi connectivity index (χ1n) is 9.01. The zero-order chi connectivity index (χ0) is 17.5. The van der Waals surface area contributed by atoms with Crippen molar-refractivity contribution in [2.45, 2.75) is 78.7 Å². The Bertz CT molecular complexity index is 494. The standard InChI is InChI=1S/C21H33NO/c1-16(2)14-20(23)15-17(3)8-7-9-18(4)19-10-12-21(5,22-6)13-11-19/h8,10,12,16,18-19H,7,9,11,13-15H2,1-5H3/b17-8+/t18-,19+,21+/m1/s1. The van der Waals surface area contributed by atoms with E-state index < -0.39 is 0 Å². The summed E-state index contributed by atoms with van der Waals surface area (Å²) in [6.07, 6.45) is 12.2. The van der Waals surface area contributed by atoms with Crippen LogP contribution in [-0.4, -0.2) is 11.3 Å². The highest BCUT2D eigenvalue weighted by Gasteiger charge is 2.32. The molecule has 0 amide bonds. The zero-order valence-corrected chi connectivity index (χ0v) is 15.6. The Labute approximate surface area is 142 Å². The second kappa shape index (κ2) is 9.06. The minimum atomic E-state index is -0.274. The van der Waals surface area contributed by atoms with Gasteiger partial charge >= 0.3 is 0 Å². The van der Waals surface area contributed by atoms with Gasteiger partial charge in [0.2, 0.25) is 5.54 Å². The second-order valence-electron chi connectivity index (χ2n) is 7.95. The molecule has 0 spiro atoms. The summed E-state index contributed by atoms with van der Waals surface area (Å²) in [5.41, 5.74) is 0.936. The summed E-state index contributed by atoms with van der Waals surface area (Å²) >= 11 is 0. The third-order valence-electron chi connectivity index (χ3n) is 4.90. The lowest BCUT2D eigenvalue weighted by Gasteiger charge is -2.27. The first-order valence-corrected chi connectivity index (χ1v) is 9.01. The van der Waals surface area contributed by atoms with Crippen LogP contribution in [0.25, 0.3) is 4.85 Å². The largest absolute Gasteiger partial charge is 0.306 e. The molecule has 0 saturated carbocycles. The highest BCUT2D eigenvalue weighted by molar-refractivity contribution is 5.80. The van der Waals surface area contributed by atoms with E-state index in [1.54, 1.807) is 0 Å². The molecule has 0 N–H and O–H groups in total. The van der Waals surface area contributed by atoms with Crippen molar-refractivity contribution in [2.75, 3.05) is 0 Å². The Hall–Kier alpha value is -1.36. The molecule has 0 heterocycles. The van der Waals surface area contributed by atoms with Crippen molar-refractivity contribution in [2.24, 2.45) is 17.8 Å². The van der Waals surface area contributed by atoms with Crippen LogP contribution in [0, 0.1) is 24.3 Å². The molecule has 3 atom stereocenters. The van der Waals surface area contributed by atoms with E-state index in [2.05, 4.69) is 50.8 Å². The van der Waals surface area contributed by atoms with Gasteiger partial charge in [0.1, 0.15) is 5.78 Å². The Balaban J connectivity index is 2.38. The van der Waals surface area contributed by atoms with Crippen LogP contribution in [0.1, 0.15) is 73.1 Å². The molecule has 0 saturated heterocycles. The highest BCUT2D eigenvalue weighted by atomic mass is 16.1. The van der Waals surface area contributed by atoms with E-state index in [0.717, 1.165) is 25.7 Å². The number of ketones is 1. The summed E-state index contributed by atoms with van der Waals surface area (Å²) in [6.45, 7) is 17.9. The van der Waals surface area contributed by atoms with E-state index in [0.29, 0.717) is 36.4 Å². The molecule has 1 rings (SSSR count). The molecule has 128 valence electrons. The monoisotopic (exact) mass is 315 g/mol. The Morgan fingerprint density at radius 3 is 2.65 bits per heavy atom. The van der Waals surface area contributed by atoms with Gasteiger partial charge < -0.3 is 4.85 Å². The molecule has 0 aliphatic heterocycles. The van der Waals surface area contributed by atoms with E-state index >= 15 is 0 Å². The number of Topliss-reactive ketones (excluding diaryl/α,β-unsaturated/α-hetero) is 1. The highest BCUT2D eigenvalue weighted by Crippen LogP contribution is 2.34. The molecule has 1 aliphatic carbocycles. The minimum absolute atomic E-state index is 0.274. The molecular formula is C21H33NO. The van der Waals surface area contributed by atoms with Crippen LogP contribution in [0.15, 0.2) is 23.8 Å². The van der Waals surface area contributed by atoms with Crippen LogP contribution in [-0.2, 0) is 4.79 Å². The van der Waals surface area contributed by atoms with Crippen LogP contribution in [0.5, 0.6) is 0 Å². The normalized spacial score (nSPS) is 26.1. The molecule has 23 heavy (non-hydrogen) atoms. The van der Waals surface area contributed by atoms with E-state index in [1.807, 2.05) is 6.92 Å². The van der Waals surface area contributed by atoms with Crippen LogP contribution in [0.4, 0.5) is 0 Å². The fourth-order valence-corrected chi connectivity index (χ4v) is 3.25. The van der Waals surface area contributed by atoms with Crippen molar-refractivity contribution >= 4 is 5.78 Å². The first kappa shape index (κ1) is 19.7. The molecule has 2 nitrogen and oxygen atoms in total. The number of carbonyl (C=O) groups excluding carboxylic acids is 1. The average molecular weight is 316 g/mol. The van der Waals surface area contributed by atoms with Gasteiger partial charge in [-0.3, -0.25) is 4.79 Å². The van der Waals surface area contributed by atoms with Crippen LogP contribution < -0.4 is 0 Å². The zero-order valence-electron chi connectivity index (χ0n) is 15.6. The molecule has 0 fully saturated rings. The van der Waals surface area contributed by atoms with Gasteiger partial charge in [-0.15, -0.1) is 0 Å². The molecule has 1 aliphatic rings. The van der Waals surface area contributed by atoms with Crippen molar-refractivity contribution in [1.29, 1.82) is 0 Å². The minimum Gasteiger partial charge on any atom is -0.306 e. The lowest BCUT2D eigenvalue weighted by atomic mass is 9.77.